The van der Waals surface area contributed by atoms with E-state index in [4.69, 9.17) is 23.7 Å². The topological polar surface area (TPSA) is 115 Å². The van der Waals surface area contributed by atoms with Crippen molar-refractivity contribution >= 4 is 16.9 Å². The molecule has 8 heteroatoms. The van der Waals surface area contributed by atoms with Crippen LogP contribution in [0.4, 0.5) is 0 Å². The van der Waals surface area contributed by atoms with Gasteiger partial charge in [-0.15, -0.1) is 0 Å². The Morgan fingerprint density at radius 1 is 1.13 bits per heavy atom. The maximum atomic E-state index is 12.6. The summed E-state index contributed by atoms with van der Waals surface area (Å²) in [5.41, 5.74) is 0.244. The number of benzene rings is 2. The van der Waals surface area contributed by atoms with Gasteiger partial charge in [0.05, 0.1) is 13.2 Å². The summed E-state index contributed by atoms with van der Waals surface area (Å²) in [6.07, 6.45) is 4.34. The molecule has 1 saturated carbocycles. The highest BCUT2D eigenvalue weighted by atomic mass is 16.5. The van der Waals surface area contributed by atoms with Crippen LogP contribution in [0.15, 0.2) is 45.6 Å². The zero-order chi connectivity index (χ0) is 22.0. The van der Waals surface area contributed by atoms with Gasteiger partial charge in [0.15, 0.2) is 23.5 Å². The van der Waals surface area contributed by atoms with Gasteiger partial charge in [-0.2, -0.15) is 0 Å². The number of aromatic hydroxyl groups is 1. The van der Waals surface area contributed by atoms with Crippen LogP contribution >= 0.6 is 0 Å². The number of carboxylic acids is 1. The van der Waals surface area contributed by atoms with Gasteiger partial charge in [-0.1, -0.05) is 0 Å². The number of aliphatic carboxylic acids is 1. The summed E-state index contributed by atoms with van der Waals surface area (Å²) in [5, 5.41) is 19.0. The Kier molecular flexibility index (Phi) is 5.70. The lowest BCUT2D eigenvalue weighted by Crippen LogP contribution is -2.11. The van der Waals surface area contributed by atoms with Crippen molar-refractivity contribution in [2.24, 2.45) is 0 Å². The zero-order valence-corrected chi connectivity index (χ0v) is 16.9. The van der Waals surface area contributed by atoms with Crippen LogP contribution in [0.1, 0.15) is 25.7 Å². The molecule has 0 bridgehead atoms. The monoisotopic (exact) mass is 426 g/mol. The molecule has 1 fully saturated rings. The number of phenolic OH excluding ortho intramolecular Hbond substituents is 1. The van der Waals surface area contributed by atoms with E-state index >= 15 is 0 Å². The molecular weight excluding hydrogens is 404 g/mol. The molecule has 162 valence electrons. The lowest BCUT2D eigenvalue weighted by molar-refractivity contribution is -0.139. The fourth-order valence-corrected chi connectivity index (χ4v) is 3.72. The molecule has 0 saturated heterocycles. The molecule has 0 spiro atoms. The van der Waals surface area contributed by atoms with E-state index in [-0.39, 0.29) is 34.3 Å². The molecule has 4 rings (SSSR count). The van der Waals surface area contributed by atoms with E-state index in [0.717, 1.165) is 25.7 Å². The quantitative estimate of drug-likeness (QED) is 0.583. The number of hydrogen-bond acceptors (Lipinski definition) is 7. The fraction of sp³-hybridized carbons (Fsp3) is 0.304. The molecule has 0 amide bonds. The van der Waals surface area contributed by atoms with Crippen molar-refractivity contribution in [3.05, 3.63) is 46.6 Å². The molecule has 2 N–H and O–H groups in total. The summed E-state index contributed by atoms with van der Waals surface area (Å²) in [5.74, 6) is -0.0169. The third-order valence-corrected chi connectivity index (χ3v) is 5.19. The molecule has 2 aromatic carbocycles. The van der Waals surface area contributed by atoms with Crippen LogP contribution < -0.4 is 19.6 Å². The van der Waals surface area contributed by atoms with Crippen molar-refractivity contribution in [3.8, 4) is 34.3 Å². The number of methoxy groups -OCH3 is 1. The van der Waals surface area contributed by atoms with Crippen molar-refractivity contribution in [1.82, 2.24) is 0 Å². The number of rotatable bonds is 7. The Morgan fingerprint density at radius 2 is 1.90 bits per heavy atom. The second kappa shape index (κ2) is 8.59. The van der Waals surface area contributed by atoms with Gasteiger partial charge < -0.3 is 28.8 Å². The average Bonchev–Trinajstić information content (AvgIpc) is 3.24. The SMILES string of the molecule is COc1ccc(-c2cc(=O)c3c(O)cc(OCC(=O)O)cc3o2)cc1OC1CCCC1. The summed E-state index contributed by atoms with van der Waals surface area (Å²) in [7, 11) is 1.56. The standard InChI is InChI=1S/C23H22O8/c1-28-18-7-6-13(8-20(18)30-14-4-2-3-5-14)19-11-17(25)23-16(24)9-15(10-21(23)31-19)29-12-22(26)27/h6-11,14,24H,2-5,12H2,1H3,(H,26,27). The van der Waals surface area contributed by atoms with Gasteiger partial charge in [0.2, 0.25) is 0 Å². The minimum absolute atomic E-state index is 0.0117. The number of fused-ring (bicyclic) bond motifs is 1. The normalized spacial score (nSPS) is 14.0. The van der Waals surface area contributed by atoms with E-state index < -0.39 is 18.0 Å². The van der Waals surface area contributed by atoms with E-state index in [1.54, 1.807) is 25.3 Å². The summed E-state index contributed by atoms with van der Waals surface area (Å²) >= 11 is 0. The van der Waals surface area contributed by atoms with Gasteiger partial charge in [-0.05, 0) is 43.9 Å². The molecule has 31 heavy (non-hydrogen) atoms. The average molecular weight is 426 g/mol. The van der Waals surface area contributed by atoms with Gasteiger partial charge in [0.25, 0.3) is 0 Å². The fourth-order valence-electron chi connectivity index (χ4n) is 3.72. The molecule has 0 aliphatic heterocycles. The molecule has 3 aromatic rings. The van der Waals surface area contributed by atoms with Crippen molar-refractivity contribution in [2.75, 3.05) is 13.7 Å². The van der Waals surface area contributed by atoms with Crippen LogP contribution in [0.2, 0.25) is 0 Å². The molecule has 1 aromatic heterocycles. The maximum Gasteiger partial charge on any atom is 0.341 e. The van der Waals surface area contributed by atoms with Gasteiger partial charge in [0, 0.05) is 23.8 Å². The summed E-state index contributed by atoms with van der Waals surface area (Å²) in [6.45, 7) is -0.588. The Balaban J connectivity index is 1.74. The highest BCUT2D eigenvalue weighted by Crippen LogP contribution is 2.37. The first-order valence-electron chi connectivity index (χ1n) is 9.95. The largest absolute Gasteiger partial charge is 0.507 e. The second-order valence-electron chi connectivity index (χ2n) is 7.36. The van der Waals surface area contributed by atoms with Crippen LogP contribution in [0.5, 0.6) is 23.0 Å². The molecule has 1 aliphatic carbocycles. The van der Waals surface area contributed by atoms with E-state index in [9.17, 15) is 14.7 Å². The number of carboxylic acid groups (broad SMARTS) is 1. The predicted molar refractivity (Wildman–Crippen MR) is 112 cm³/mol. The third-order valence-electron chi connectivity index (χ3n) is 5.19. The molecule has 0 atom stereocenters. The van der Waals surface area contributed by atoms with E-state index in [2.05, 4.69) is 0 Å². The number of carbonyl (C=O) groups is 1. The highest BCUT2D eigenvalue weighted by Gasteiger charge is 2.20. The summed E-state index contributed by atoms with van der Waals surface area (Å²) in [6, 6.07) is 9.10. The molecule has 1 heterocycles. The zero-order valence-electron chi connectivity index (χ0n) is 16.9. The number of phenols is 1. The Morgan fingerprint density at radius 3 is 2.61 bits per heavy atom. The summed E-state index contributed by atoms with van der Waals surface area (Å²) < 4.78 is 22.5. The molecular formula is C23H22O8. The second-order valence-corrected chi connectivity index (χ2v) is 7.36. The van der Waals surface area contributed by atoms with E-state index in [1.165, 1.54) is 18.2 Å². The minimum Gasteiger partial charge on any atom is -0.507 e. The molecule has 0 unspecified atom stereocenters. The van der Waals surface area contributed by atoms with Gasteiger partial charge in [-0.25, -0.2) is 4.79 Å². The van der Waals surface area contributed by atoms with Crippen LogP contribution in [-0.2, 0) is 4.79 Å². The third kappa shape index (κ3) is 4.42. The predicted octanol–water partition coefficient (Wildman–Crippen LogP) is 3.96. The lowest BCUT2D eigenvalue weighted by Gasteiger charge is -2.17. The van der Waals surface area contributed by atoms with Gasteiger partial charge >= 0.3 is 5.97 Å². The van der Waals surface area contributed by atoms with E-state index in [1.807, 2.05) is 0 Å². The first-order valence-corrected chi connectivity index (χ1v) is 9.95. The van der Waals surface area contributed by atoms with Gasteiger partial charge in [0.1, 0.15) is 28.2 Å². The number of ether oxygens (including phenoxy) is 3. The highest BCUT2D eigenvalue weighted by molar-refractivity contribution is 5.86. The molecule has 1 aliphatic rings. The first kappa shape index (κ1) is 20.6. The van der Waals surface area contributed by atoms with E-state index in [0.29, 0.717) is 17.1 Å². The van der Waals surface area contributed by atoms with Crippen LogP contribution in [0, 0.1) is 0 Å². The Labute approximate surface area is 177 Å². The van der Waals surface area contributed by atoms with Crippen molar-refractivity contribution in [2.45, 2.75) is 31.8 Å². The van der Waals surface area contributed by atoms with Crippen molar-refractivity contribution < 1.29 is 33.6 Å². The van der Waals surface area contributed by atoms with Gasteiger partial charge in [-0.3, -0.25) is 4.79 Å². The maximum absolute atomic E-state index is 12.6. The molecule has 0 radical (unpaired) electrons. The van der Waals surface area contributed by atoms with Crippen molar-refractivity contribution in [1.29, 1.82) is 0 Å². The molecule has 8 nitrogen and oxygen atoms in total. The smallest absolute Gasteiger partial charge is 0.341 e. The lowest BCUT2D eigenvalue weighted by atomic mass is 10.1. The first-order chi connectivity index (χ1) is 14.9. The Bertz CT molecular complexity index is 1170. The van der Waals surface area contributed by atoms with Crippen LogP contribution in [0.25, 0.3) is 22.3 Å². The minimum atomic E-state index is -1.16. The number of hydrogen-bond donors (Lipinski definition) is 2. The summed E-state index contributed by atoms with van der Waals surface area (Å²) in [4.78, 5) is 23.4. The van der Waals surface area contributed by atoms with Crippen molar-refractivity contribution in [3.63, 3.8) is 0 Å². The Hall–Kier alpha value is -3.68. The van der Waals surface area contributed by atoms with Crippen LogP contribution in [-0.4, -0.2) is 36.0 Å². The van der Waals surface area contributed by atoms with Crippen LogP contribution in [0.3, 0.4) is 0 Å².